The number of nitrogens with one attached hydrogen (secondary N) is 2. The Morgan fingerprint density at radius 2 is 2.00 bits per heavy atom. The maximum Gasteiger partial charge on any atom is 0.170 e. The molecule has 1 fully saturated rings. The minimum Gasteiger partial charge on any atom is -0.362 e. The summed E-state index contributed by atoms with van der Waals surface area (Å²) in [6.45, 7) is 11.2. The Bertz CT molecular complexity index is 481. The summed E-state index contributed by atoms with van der Waals surface area (Å²) in [4.78, 5) is 2.58. The van der Waals surface area contributed by atoms with Crippen LogP contribution in [0.2, 0.25) is 0 Å². The molecule has 2 N–H and O–H groups in total. The van der Waals surface area contributed by atoms with E-state index in [-0.39, 0.29) is 0 Å². The van der Waals surface area contributed by atoms with Gasteiger partial charge in [0.15, 0.2) is 5.11 Å². The molecule has 1 aromatic rings. The van der Waals surface area contributed by atoms with E-state index >= 15 is 0 Å². The van der Waals surface area contributed by atoms with Crippen LogP contribution in [0.4, 0.5) is 5.69 Å². The Morgan fingerprint density at radius 1 is 1.27 bits per heavy atom. The second-order valence-corrected chi connectivity index (χ2v) is 7.07. The fourth-order valence-electron chi connectivity index (χ4n) is 3.22. The van der Waals surface area contributed by atoms with Gasteiger partial charge in [0.1, 0.15) is 0 Å². The number of rotatable bonds is 5. The Labute approximate surface area is 140 Å². The van der Waals surface area contributed by atoms with Crippen molar-refractivity contribution in [1.29, 1.82) is 0 Å². The highest BCUT2D eigenvalue weighted by atomic mass is 32.1. The highest BCUT2D eigenvalue weighted by molar-refractivity contribution is 7.80. The average molecular weight is 320 g/mol. The third-order valence-electron chi connectivity index (χ3n) is 4.16. The molecule has 0 saturated carbocycles. The molecular weight excluding hydrogens is 290 g/mol. The summed E-state index contributed by atoms with van der Waals surface area (Å²) < 4.78 is 0. The number of thiocarbonyl (C=S) groups is 1. The van der Waals surface area contributed by atoms with Gasteiger partial charge < -0.3 is 15.5 Å². The summed E-state index contributed by atoms with van der Waals surface area (Å²) in [6.07, 6.45) is 3.88. The molecular formula is C18H29N3S. The summed E-state index contributed by atoms with van der Waals surface area (Å²) in [6, 6.07) is 6.41. The lowest BCUT2D eigenvalue weighted by atomic mass is 10.0. The van der Waals surface area contributed by atoms with Crippen LogP contribution in [0, 0.1) is 19.8 Å². The van der Waals surface area contributed by atoms with Crippen molar-refractivity contribution in [2.24, 2.45) is 5.92 Å². The van der Waals surface area contributed by atoms with Gasteiger partial charge in [-0.05, 0) is 87.6 Å². The van der Waals surface area contributed by atoms with Crippen LogP contribution in [0.1, 0.15) is 37.3 Å². The zero-order valence-electron chi connectivity index (χ0n) is 14.1. The highest BCUT2D eigenvalue weighted by Gasteiger charge is 2.15. The van der Waals surface area contributed by atoms with Crippen molar-refractivity contribution in [2.45, 2.75) is 40.0 Å². The molecule has 2 rings (SSSR count). The standard InChI is InChI=1S/C18H29N3S/c1-14-6-4-8-21(13-14)9-5-7-19-18(22)20-17-11-15(2)10-16(3)12-17/h10-12,14H,4-9,13H2,1-3H3,(H2,19,20,22). The van der Waals surface area contributed by atoms with E-state index in [4.69, 9.17) is 12.2 Å². The number of hydrogen-bond acceptors (Lipinski definition) is 2. The van der Waals surface area contributed by atoms with Crippen LogP contribution in [0.15, 0.2) is 18.2 Å². The van der Waals surface area contributed by atoms with Gasteiger partial charge in [0, 0.05) is 18.8 Å². The van der Waals surface area contributed by atoms with Gasteiger partial charge in [-0.3, -0.25) is 0 Å². The topological polar surface area (TPSA) is 27.3 Å². The number of anilines is 1. The quantitative estimate of drug-likeness (QED) is 0.639. The molecule has 1 aliphatic rings. The third kappa shape index (κ3) is 5.93. The lowest BCUT2D eigenvalue weighted by molar-refractivity contribution is 0.182. The lowest BCUT2D eigenvalue weighted by Crippen LogP contribution is -2.37. The zero-order chi connectivity index (χ0) is 15.9. The molecule has 1 saturated heterocycles. The molecule has 1 aromatic carbocycles. The van der Waals surface area contributed by atoms with Gasteiger partial charge >= 0.3 is 0 Å². The van der Waals surface area contributed by atoms with Crippen LogP contribution in [0.5, 0.6) is 0 Å². The summed E-state index contributed by atoms with van der Waals surface area (Å²) in [7, 11) is 0. The van der Waals surface area contributed by atoms with Gasteiger partial charge in [-0.2, -0.15) is 0 Å². The molecule has 3 nitrogen and oxygen atoms in total. The number of benzene rings is 1. The number of hydrogen-bond donors (Lipinski definition) is 2. The van der Waals surface area contributed by atoms with Crippen LogP contribution in [0.3, 0.4) is 0 Å². The van der Waals surface area contributed by atoms with E-state index in [9.17, 15) is 0 Å². The van der Waals surface area contributed by atoms with E-state index in [0.717, 1.165) is 29.7 Å². The maximum atomic E-state index is 5.38. The van der Waals surface area contributed by atoms with Crippen molar-refractivity contribution in [2.75, 3.05) is 31.5 Å². The molecule has 0 bridgehead atoms. The Kier molecular flexibility index (Phi) is 6.65. The van der Waals surface area contributed by atoms with Gasteiger partial charge in [-0.25, -0.2) is 0 Å². The summed E-state index contributed by atoms with van der Waals surface area (Å²) in [5.41, 5.74) is 3.58. The number of piperidine rings is 1. The van der Waals surface area contributed by atoms with E-state index in [1.54, 1.807) is 0 Å². The van der Waals surface area contributed by atoms with Crippen LogP contribution < -0.4 is 10.6 Å². The normalized spacial score (nSPS) is 19.0. The van der Waals surface area contributed by atoms with Gasteiger partial charge in [0.2, 0.25) is 0 Å². The molecule has 122 valence electrons. The first-order valence-electron chi connectivity index (χ1n) is 8.38. The summed E-state index contributed by atoms with van der Waals surface area (Å²) in [5, 5.41) is 7.31. The Balaban J connectivity index is 1.65. The molecule has 22 heavy (non-hydrogen) atoms. The first-order valence-corrected chi connectivity index (χ1v) is 8.79. The molecule has 0 amide bonds. The fourth-order valence-corrected chi connectivity index (χ4v) is 3.44. The second-order valence-electron chi connectivity index (χ2n) is 6.66. The van der Waals surface area contributed by atoms with E-state index in [0.29, 0.717) is 0 Å². The second kappa shape index (κ2) is 8.49. The number of aryl methyl sites for hydroxylation is 2. The predicted octanol–water partition coefficient (Wildman–Crippen LogP) is 3.71. The minimum absolute atomic E-state index is 0.719. The number of nitrogens with zero attached hydrogens (tertiary/aromatic N) is 1. The first kappa shape index (κ1) is 17.2. The molecule has 0 aliphatic carbocycles. The van der Waals surface area contributed by atoms with Gasteiger partial charge in [-0.15, -0.1) is 0 Å². The lowest BCUT2D eigenvalue weighted by Gasteiger charge is -2.30. The third-order valence-corrected chi connectivity index (χ3v) is 4.40. The Hall–Kier alpha value is -1.13. The number of likely N-dealkylation sites (tertiary alicyclic amines) is 1. The molecule has 0 radical (unpaired) electrons. The SMILES string of the molecule is Cc1cc(C)cc(NC(=S)NCCCN2CCCC(C)C2)c1. The first-order chi connectivity index (χ1) is 10.5. The van der Waals surface area contributed by atoms with Crippen molar-refractivity contribution in [3.05, 3.63) is 29.3 Å². The van der Waals surface area contributed by atoms with Crippen molar-refractivity contribution in [1.82, 2.24) is 10.2 Å². The van der Waals surface area contributed by atoms with E-state index in [1.165, 1.54) is 43.6 Å². The van der Waals surface area contributed by atoms with E-state index in [1.807, 2.05) is 0 Å². The van der Waals surface area contributed by atoms with Crippen molar-refractivity contribution in [3.8, 4) is 0 Å². The van der Waals surface area contributed by atoms with Crippen molar-refractivity contribution < 1.29 is 0 Å². The summed E-state index contributed by atoms with van der Waals surface area (Å²) >= 11 is 5.38. The monoisotopic (exact) mass is 319 g/mol. The van der Waals surface area contributed by atoms with Gasteiger partial charge in [0.25, 0.3) is 0 Å². The molecule has 0 spiro atoms. The molecule has 1 atom stereocenters. The molecule has 0 aromatic heterocycles. The van der Waals surface area contributed by atoms with Crippen LogP contribution in [-0.2, 0) is 0 Å². The molecule has 1 heterocycles. The molecule has 1 aliphatic heterocycles. The van der Waals surface area contributed by atoms with Crippen molar-refractivity contribution in [3.63, 3.8) is 0 Å². The fraction of sp³-hybridized carbons (Fsp3) is 0.611. The van der Waals surface area contributed by atoms with Gasteiger partial charge in [-0.1, -0.05) is 13.0 Å². The van der Waals surface area contributed by atoms with Crippen LogP contribution in [-0.4, -0.2) is 36.2 Å². The predicted molar refractivity (Wildman–Crippen MR) is 99.6 cm³/mol. The van der Waals surface area contributed by atoms with Crippen molar-refractivity contribution >= 4 is 23.0 Å². The highest BCUT2D eigenvalue weighted by Crippen LogP contribution is 2.15. The van der Waals surface area contributed by atoms with Crippen LogP contribution in [0.25, 0.3) is 0 Å². The maximum absolute atomic E-state index is 5.38. The molecule has 4 heteroatoms. The zero-order valence-corrected chi connectivity index (χ0v) is 14.9. The summed E-state index contributed by atoms with van der Waals surface area (Å²) in [5.74, 6) is 0.856. The van der Waals surface area contributed by atoms with E-state index in [2.05, 4.69) is 54.5 Å². The Morgan fingerprint density at radius 3 is 2.68 bits per heavy atom. The minimum atomic E-state index is 0.719. The largest absolute Gasteiger partial charge is 0.362 e. The van der Waals surface area contributed by atoms with E-state index < -0.39 is 0 Å². The smallest absolute Gasteiger partial charge is 0.170 e. The average Bonchev–Trinajstić information content (AvgIpc) is 2.42. The molecule has 1 unspecified atom stereocenters. The van der Waals surface area contributed by atoms with Gasteiger partial charge in [0.05, 0.1) is 0 Å². The van der Waals surface area contributed by atoms with Crippen LogP contribution >= 0.6 is 12.2 Å².